The van der Waals surface area contributed by atoms with E-state index in [1.54, 1.807) is 6.07 Å². The van der Waals surface area contributed by atoms with Gasteiger partial charge in [-0.2, -0.15) is 0 Å². The van der Waals surface area contributed by atoms with Gasteiger partial charge in [0.05, 0.1) is 6.10 Å². The van der Waals surface area contributed by atoms with Crippen molar-refractivity contribution in [3.05, 3.63) is 68.9 Å². The molecule has 94 valence electrons. The number of rotatable bonds is 3. The maximum absolute atomic E-state index is 13.6. The van der Waals surface area contributed by atoms with Crippen LogP contribution in [0.2, 0.25) is 5.02 Å². The molecule has 0 aliphatic carbocycles. The molecule has 1 nitrogen and oxygen atoms in total. The predicted molar refractivity (Wildman–Crippen MR) is 74.2 cm³/mol. The summed E-state index contributed by atoms with van der Waals surface area (Å²) < 4.78 is 14.6. The van der Waals surface area contributed by atoms with Gasteiger partial charge in [-0.3, -0.25) is 0 Å². The van der Waals surface area contributed by atoms with Crippen molar-refractivity contribution in [3.8, 4) is 0 Å². The summed E-state index contributed by atoms with van der Waals surface area (Å²) in [6, 6.07) is 11.9. The first kappa shape index (κ1) is 13.5. The van der Waals surface area contributed by atoms with E-state index in [4.69, 9.17) is 11.6 Å². The largest absolute Gasteiger partial charge is 0.388 e. The lowest BCUT2D eigenvalue weighted by atomic mass is 10.0. The lowest BCUT2D eigenvalue weighted by Crippen LogP contribution is -2.05. The molecule has 0 amide bonds. The molecule has 1 atom stereocenters. The monoisotopic (exact) mass is 328 g/mol. The van der Waals surface area contributed by atoms with Crippen LogP contribution >= 0.6 is 27.5 Å². The molecule has 2 aromatic rings. The second kappa shape index (κ2) is 5.83. The van der Waals surface area contributed by atoms with Gasteiger partial charge in [0.2, 0.25) is 0 Å². The fourth-order valence-electron chi connectivity index (χ4n) is 1.77. The van der Waals surface area contributed by atoms with E-state index in [0.717, 1.165) is 10.0 Å². The van der Waals surface area contributed by atoms with Crippen molar-refractivity contribution in [3.63, 3.8) is 0 Å². The third-order valence-corrected chi connectivity index (χ3v) is 3.53. The standard InChI is InChI=1S/C14H11BrClFO/c15-10-6-4-9(5-7-10)8-13(18)14-11(16)2-1-3-12(14)17/h1-7,13,18H,8H2. The van der Waals surface area contributed by atoms with E-state index in [0.29, 0.717) is 6.42 Å². The molecule has 0 heterocycles. The Morgan fingerprint density at radius 3 is 2.44 bits per heavy atom. The zero-order chi connectivity index (χ0) is 13.1. The SMILES string of the molecule is OC(Cc1ccc(Br)cc1)c1c(F)cccc1Cl. The van der Waals surface area contributed by atoms with Crippen molar-refractivity contribution >= 4 is 27.5 Å². The Balaban J connectivity index is 2.22. The molecular formula is C14H11BrClFO. The highest BCUT2D eigenvalue weighted by Crippen LogP contribution is 2.28. The van der Waals surface area contributed by atoms with E-state index in [9.17, 15) is 9.50 Å². The molecule has 0 radical (unpaired) electrons. The lowest BCUT2D eigenvalue weighted by Gasteiger charge is -2.13. The van der Waals surface area contributed by atoms with Crippen LogP contribution in [0.15, 0.2) is 46.9 Å². The number of aliphatic hydroxyl groups is 1. The van der Waals surface area contributed by atoms with E-state index in [-0.39, 0.29) is 10.6 Å². The van der Waals surface area contributed by atoms with Crippen LogP contribution in [-0.4, -0.2) is 5.11 Å². The summed E-state index contributed by atoms with van der Waals surface area (Å²) in [6.45, 7) is 0. The van der Waals surface area contributed by atoms with Gasteiger partial charge in [-0.15, -0.1) is 0 Å². The van der Waals surface area contributed by atoms with Crippen molar-refractivity contribution < 1.29 is 9.50 Å². The molecule has 0 aromatic heterocycles. The van der Waals surface area contributed by atoms with Gasteiger partial charge in [0, 0.05) is 21.5 Å². The summed E-state index contributed by atoms with van der Waals surface area (Å²) in [6.07, 6.45) is -0.617. The molecule has 0 bridgehead atoms. The van der Waals surface area contributed by atoms with E-state index < -0.39 is 11.9 Å². The molecule has 0 fully saturated rings. The Kier molecular flexibility index (Phi) is 4.38. The normalized spacial score (nSPS) is 12.4. The maximum Gasteiger partial charge on any atom is 0.130 e. The van der Waals surface area contributed by atoms with Crippen molar-refractivity contribution in [2.45, 2.75) is 12.5 Å². The Bertz CT molecular complexity index is 522. The zero-order valence-corrected chi connectivity index (χ0v) is 11.7. The molecule has 0 saturated heterocycles. The van der Waals surface area contributed by atoms with E-state index in [1.807, 2.05) is 24.3 Å². The summed E-state index contributed by atoms with van der Waals surface area (Å²) in [5.74, 6) is -0.480. The molecule has 18 heavy (non-hydrogen) atoms. The van der Waals surface area contributed by atoms with Gasteiger partial charge < -0.3 is 5.11 Å². The summed E-state index contributed by atoms with van der Waals surface area (Å²) in [7, 11) is 0. The lowest BCUT2D eigenvalue weighted by molar-refractivity contribution is 0.174. The van der Waals surface area contributed by atoms with E-state index in [1.165, 1.54) is 12.1 Å². The third-order valence-electron chi connectivity index (χ3n) is 2.68. The van der Waals surface area contributed by atoms with Crippen LogP contribution in [0, 0.1) is 5.82 Å². The second-order valence-electron chi connectivity index (χ2n) is 3.98. The first-order chi connectivity index (χ1) is 8.58. The molecule has 1 unspecified atom stereocenters. The third kappa shape index (κ3) is 3.10. The fraction of sp³-hybridized carbons (Fsp3) is 0.143. The number of benzene rings is 2. The topological polar surface area (TPSA) is 20.2 Å². The summed E-state index contributed by atoms with van der Waals surface area (Å²) in [5.41, 5.74) is 1.08. The summed E-state index contributed by atoms with van der Waals surface area (Å²) in [5, 5.41) is 10.3. The van der Waals surface area contributed by atoms with Gasteiger partial charge in [0.25, 0.3) is 0 Å². The second-order valence-corrected chi connectivity index (χ2v) is 5.30. The van der Waals surface area contributed by atoms with Crippen LogP contribution in [0.5, 0.6) is 0 Å². The quantitative estimate of drug-likeness (QED) is 0.878. The molecule has 1 N–H and O–H groups in total. The highest BCUT2D eigenvalue weighted by molar-refractivity contribution is 9.10. The molecule has 2 rings (SSSR count). The average Bonchev–Trinajstić information content (AvgIpc) is 2.32. The number of aliphatic hydroxyl groups excluding tert-OH is 1. The summed E-state index contributed by atoms with van der Waals surface area (Å²) >= 11 is 9.24. The molecule has 2 aromatic carbocycles. The fourth-order valence-corrected chi connectivity index (χ4v) is 2.33. The minimum atomic E-state index is -0.945. The van der Waals surface area contributed by atoms with Gasteiger partial charge in [-0.05, 0) is 29.8 Å². The van der Waals surface area contributed by atoms with Crippen LogP contribution in [0.4, 0.5) is 4.39 Å². The molecular weight excluding hydrogens is 319 g/mol. The Morgan fingerprint density at radius 2 is 1.83 bits per heavy atom. The van der Waals surface area contributed by atoms with Crippen LogP contribution in [0.25, 0.3) is 0 Å². The first-order valence-corrected chi connectivity index (χ1v) is 6.61. The van der Waals surface area contributed by atoms with Crippen molar-refractivity contribution in [1.29, 1.82) is 0 Å². The number of hydrogen-bond donors (Lipinski definition) is 1. The molecule has 0 saturated carbocycles. The highest BCUT2D eigenvalue weighted by Gasteiger charge is 2.16. The number of halogens is 3. The maximum atomic E-state index is 13.6. The van der Waals surface area contributed by atoms with Gasteiger partial charge >= 0.3 is 0 Å². The van der Waals surface area contributed by atoms with Crippen LogP contribution in [0.3, 0.4) is 0 Å². The van der Waals surface area contributed by atoms with Gasteiger partial charge in [0.15, 0.2) is 0 Å². The summed E-state index contributed by atoms with van der Waals surface area (Å²) in [4.78, 5) is 0. The van der Waals surface area contributed by atoms with Gasteiger partial charge in [-0.1, -0.05) is 45.7 Å². The van der Waals surface area contributed by atoms with Gasteiger partial charge in [0.1, 0.15) is 5.82 Å². The molecule has 0 spiro atoms. The zero-order valence-electron chi connectivity index (χ0n) is 9.41. The Hall–Kier alpha value is -0.900. The molecule has 4 heteroatoms. The smallest absolute Gasteiger partial charge is 0.130 e. The minimum Gasteiger partial charge on any atom is -0.388 e. The van der Waals surface area contributed by atoms with Gasteiger partial charge in [-0.25, -0.2) is 4.39 Å². The van der Waals surface area contributed by atoms with E-state index >= 15 is 0 Å². The highest BCUT2D eigenvalue weighted by atomic mass is 79.9. The van der Waals surface area contributed by atoms with Crippen molar-refractivity contribution in [2.24, 2.45) is 0 Å². The van der Waals surface area contributed by atoms with Crippen LogP contribution in [-0.2, 0) is 6.42 Å². The predicted octanol–water partition coefficient (Wildman–Crippen LogP) is 4.52. The first-order valence-electron chi connectivity index (χ1n) is 5.44. The molecule has 0 aliphatic rings. The average molecular weight is 330 g/mol. The van der Waals surface area contributed by atoms with E-state index in [2.05, 4.69) is 15.9 Å². The Morgan fingerprint density at radius 1 is 1.17 bits per heavy atom. The molecule has 0 aliphatic heterocycles. The Labute approximate surface area is 118 Å². The van der Waals surface area contributed by atoms with Crippen LogP contribution < -0.4 is 0 Å². The van der Waals surface area contributed by atoms with Crippen LogP contribution in [0.1, 0.15) is 17.2 Å². The number of hydrogen-bond acceptors (Lipinski definition) is 1. The van der Waals surface area contributed by atoms with Crippen molar-refractivity contribution in [1.82, 2.24) is 0 Å². The minimum absolute atomic E-state index is 0.155. The van der Waals surface area contributed by atoms with Crippen molar-refractivity contribution in [2.75, 3.05) is 0 Å².